The van der Waals surface area contributed by atoms with E-state index in [1.54, 1.807) is 29.5 Å². The van der Waals surface area contributed by atoms with E-state index < -0.39 is 11.7 Å². The van der Waals surface area contributed by atoms with Gasteiger partial charge in [0.2, 0.25) is 0 Å². The van der Waals surface area contributed by atoms with E-state index in [4.69, 9.17) is 0 Å². The van der Waals surface area contributed by atoms with E-state index in [0.29, 0.717) is 12.1 Å². The Morgan fingerprint density at radius 2 is 2.08 bits per heavy atom. The fourth-order valence-electron chi connectivity index (χ4n) is 0.893. The van der Waals surface area contributed by atoms with Crippen LogP contribution in [0.25, 0.3) is 0 Å². The third kappa shape index (κ3) is 2.55. The molecule has 0 saturated heterocycles. The van der Waals surface area contributed by atoms with Crippen LogP contribution in [0.4, 0.5) is 13.2 Å². The zero-order chi connectivity index (χ0) is 10.1. The van der Waals surface area contributed by atoms with Gasteiger partial charge in [0.1, 0.15) is 0 Å². The number of rotatable bonds is 1. The Hall–Kier alpha value is -0.330. The minimum absolute atomic E-state index is 0.141. The van der Waals surface area contributed by atoms with E-state index in [-0.39, 0.29) is 3.57 Å². The van der Waals surface area contributed by atoms with Crippen molar-refractivity contribution in [1.29, 1.82) is 0 Å². The van der Waals surface area contributed by atoms with Crippen molar-refractivity contribution >= 4 is 22.6 Å². The van der Waals surface area contributed by atoms with Crippen LogP contribution in [0.5, 0.6) is 0 Å². The summed E-state index contributed by atoms with van der Waals surface area (Å²) in [5.41, 5.74) is -0.132. The van der Waals surface area contributed by atoms with E-state index >= 15 is 0 Å². The Bertz CT molecular complexity index is 309. The molecule has 0 saturated carbocycles. The predicted molar refractivity (Wildman–Crippen MR) is 51.3 cm³/mol. The minimum Gasteiger partial charge on any atom is -0.260 e. The number of halogens is 4. The number of aryl methyl sites for hydroxylation is 1. The average molecular weight is 301 g/mol. The first-order chi connectivity index (χ1) is 5.95. The van der Waals surface area contributed by atoms with Crippen molar-refractivity contribution in [2.45, 2.75) is 19.5 Å². The smallest absolute Gasteiger partial charge is 0.260 e. The van der Waals surface area contributed by atoms with Crippen molar-refractivity contribution < 1.29 is 13.2 Å². The van der Waals surface area contributed by atoms with E-state index in [9.17, 15) is 13.2 Å². The SMILES string of the molecule is CCc1cc(C(F)(F)F)c(I)cn1. The Labute approximate surface area is 87.5 Å². The quantitative estimate of drug-likeness (QED) is 0.726. The molecule has 0 radical (unpaired) electrons. The molecule has 0 aromatic carbocycles. The topological polar surface area (TPSA) is 12.9 Å². The van der Waals surface area contributed by atoms with E-state index in [1.807, 2.05) is 0 Å². The van der Waals surface area contributed by atoms with Crippen LogP contribution in [-0.4, -0.2) is 4.98 Å². The number of hydrogen-bond donors (Lipinski definition) is 0. The normalized spacial score (nSPS) is 11.8. The van der Waals surface area contributed by atoms with Crippen molar-refractivity contribution in [3.63, 3.8) is 0 Å². The molecule has 5 heteroatoms. The van der Waals surface area contributed by atoms with Crippen LogP contribution in [-0.2, 0) is 12.6 Å². The predicted octanol–water partition coefficient (Wildman–Crippen LogP) is 3.27. The summed E-state index contributed by atoms with van der Waals surface area (Å²) in [5.74, 6) is 0. The summed E-state index contributed by atoms with van der Waals surface area (Å²) in [6, 6.07) is 1.10. The summed E-state index contributed by atoms with van der Waals surface area (Å²) in [5, 5.41) is 0. The van der Waals surface area contributed by atoms with Gasteiger partial charge in [0.05, 0.1) is 5.56 Å². The first-order valence-electron chi connectivity index (χ1n) is 3.66. The van der Waals surface area contributed by atoms with Crippen molar-refractivity contribution in [3.8, 4) is 0 Å². The molecule has 0 unspecified atom stereocenters. The molecule has 0 fully saturated rings. The average Bonchev–Trinajstić information content (AvgIpc) is 2.03. The second-order valence-electron chi connectivity index (χ2n) is 2.51. The van der Waals surface area contributed by atoms with Gasteiger partial charge in [-0.05, 0) is 35.1 Å². The zero-order valence-electron chi connectivity index (χ0n) is 6.82. The summed E-state index contributed by atoms with van der Waals surface area (Å²) in [7, 11) is 0. The molecular weight excluding hydrogens is 294 g/mol. The number of alkyl halides is 3. The Kier molecular flexibility index (Phi) is 3.15. The number of hydrogen-bond acceptors (Lipinski definition) is 1. The second kappa shape index (κ2) is 3.81. The Morgan fingerprint density at radius 1 is 1.46 bits per heavy atom. The summed E-state index contributed by atoms with van der Waals surface area (Å²) in [6.07, 6.45) is -2.51. The lowest BCUT2D eigenvalue weighted by atomic mass is 10.2. The molecule has 1 nitrogen and oxygen atoms in total. The van der Waals surface area contributed by atoms with E-state index in [1.165, 1.54) is 6.20 Å². The standard InChI is InChI=1S/C8H7F3IN/c1-2-5-3-6(8(9,10)11)7(12)4-13-5/h3-4H,2H2,1H3. The van der Waals surface area contributed by atoms with Crippen LogP contribution in [0.1, 0.15) is 18.2 Å². The molecule has 0 amide bonds. The number of pyridine rings is 1. The molecule has 0 aliphatic rings. The highest BCUT2D eigenvalue weighted by molar-refractivity contribution is 14.1. The first-order valence-corrected chi connectivity index (χ1v) is 4.74. The van der Waals surface area contributed by atoms with Crippen LogP contribution in [0, 0.1) is 3.57 Å². The maximum atomic E-state index is 12.3. The fourth-order valence-corrected chi connectivity index (χ4v) is 1.49. The fraction of sp³-hybridized carbons (Fsp3) is 0.375. The van der Waals surface area contributed by atoms with Crippen molar-refractivity contribution in [2.75, 3.05) is 0 Å². The maximum absolute atomic E-state index is 12.3. The molecule has 0 spiro atoms. The van der Waals surface area contributed by atoms with Gasteiger partial charge in [0.15, 0.2) is 0 Å². The highest BCUT2D eigenvalue weighted by atomic mass is 127. The van der Waals surface area contributed by atoms with Gasteiger partial charge in [-0.15, -0.1) is 0 Å². The number of aromatic nitrogens is 1. The molecule has 1 aromatic rings. The molecule has 72 valence electrons. The molecule has 0 aliphatic carbocycles. The molecule has 1 aromatic heterocycles. The molecule has 1 heterocycles. The highest BCUT2D eigenvalue weighted by Gasteiger charge is 2.33. The monoisotopic (exact) mass is 301 g/mol. The van der Waals surface area contributed by atoms with Gasteiger partial charge >= 0.3 is 6.18 Å². The number of nitrogens with zero attached hydrogens (tertiary/aromatic N) is 1. The molecule has 0 aliphatic heterocycles. The third-order valence-electron chi connectivity index (χ3n) is 1.58. The zero-order valence-corrected chi connectivity index (χ0v) is 8.98. The van der Waals surface area contributed by atoms with E-state index in [2.05, 4.69) is 4.98 Å². The summed E-state index contributed by atoms with van der Waals surface area (Å²) >= 11 is 1.64. The minimum atomic E-state index is -4.27. The third-order valence-corrected chi connectivity index (χ3v) is 2.44. The molecule has 0 bridgehead atoms. The highest BCUT2D eigenvalue weighted by Crippen LogP contribution is 2.32. The molecule has 1 rings (SSSR count). The Balaban J connectivity index is 3.19. The summed E-state index contributed by atoms with van der Waals surface area (Å²) in [4.78, 5) is 3.86. The van der Waals surface area contributed by atoms with Crippen LogP contribution in [0.3, 0.4) is 0 Å². The van der Waals surface area contributed by atoms with Gasteiger partial charge in [0.25, 0.3) is 0 Å². The lowest BCUT2D eigenvalue weighted by Gasteiger charge is -2.09. The van der Waals surface area contributed by atoms with Gasteiger partial charge in [0, 0.05) is 15.5 Å². The molecule has 0 N–H and O–H groups in total. The van der Waals surface area contributed by atoms with Gasteiger partial charge in [-0.2, -0.15) is 13.2 Å². The lowest BCUT2D eigenvalue weighted by Crippen LogP contribution is -2.09. The Morgan fingerprint density at radius 3 is 2.54 bits per heavy atom. The lowest BCUT2D eigenvalue weighted by molar-refractivity contribution is -0.138. The van der Waals surface area contributed by atoms with Gasteiger partial charge in [-0.3, -0.25) is 4.98 Å². The van der Waals surface area contributed by atoms with E-state index in [0.717, 1.165) is 6.07 Å². The maximum Gasteiger partial charge on any atom is 0.417 e. The summed E-state index contributed by atoms with van der Waals surface area (Å²) < 4.78 is 37.1. The van der Waals surface area contributed by atoms with Crippen molar-refractivity contribution in [1.82, 2.24) is 4.98 Å². The van der Waals surface area contributed by atoms with Crippen LogP contribution in [0.15, 0.2) is 12.3 Å². The van der Waals surface area contributed by atoms with Crippen LogP contribution >= 0.6 is 22.6 Å². The largest absolute Gasteiger partial charge is 0.417 e. The molecule has 13 heavy (non-hydrogen) atoms. The van der Waals surface area contributed by atoms with Crippen molar-refractivity contribution in [3.05, 3.63) is 27.1 Å². The van der Waals surface area contributed by atoms with Gasteiger partial charge in [-0.25, -0.2) is 0 Å². The first kappa shape index (κ1) is 10.7. The van der Waals surface area contributed by atoms with Gasteiger partial charge < -0.3 is 0 Å². The van der Waals surface area contributed by atoms with Crippen molar-refractivity contribution in [2.24, 2.45) is 0 Å². The molecular formula is C8H7F3IN. The second-order valence-corrected chi connectivity index (χ2v) is 3.67. The summed E-state index contributed by atoms with van der Waals surface area (Å²) in [6.45, 7) is 1.77. The molecule has 0 atom stereocenters. The van der Waals surface area contributed by atoms with Crippen LogP contribution < -0.4 is 0 Å². The van der Waals surface area contributed by atoms with Crippen LogP contribution in [0.2, 0.25) is 0 Å². The van der Waals surface area contributed by atoms with Gasteiger partial charge in [-0.1, -0.05) is 6.92 Å².